The number of aryl methyl sites for hydroxylation is 1. The maximum atomic E-state index is 13.3. The van der Waals surface area contributed by atoms with Crippen molar-refractivity contribution in [3.63, 3.8) is 0 Å². The van der Waals surface area contributed by atoms with E-state index in [1.807, 2.05) is 0 Å². The number of hydrogen-bond donors (Lipinski definition) is 1. The molecule has 166 valence electrons. The van der Waals surface area contributed by atoms with Crippen molar-refractivity contribution in [3.05, 3.63) is 109 Å². The number of aromatic nitrogens is 3. The van der Waals surface area contributed by atoms with Gasteiger partial charge in [0.2, 0.25) is 5.91 Å². The molecule has 0 saturated carbocycles. The minimum absolute atomic E-state index is 0.0465. The molecule has 0 aliphatic heterocycles. The highest BCUT2D eigenvalue weighted by molar-refractivity contribution is 5.82. The second-order valence-corrected chi connectivity index (χ2v) is 7.40. The third-order valence-electron chi connectivity index (χ3n) is 5.09. The van der Waals surface area contributed by atoms with Crippen LogP contribution < -0.4 is 16.6 Å². The predicted octanol–water partition coefficient (Wildman–Crippen LogP) is 2.08. The van der Waals surface area contributed by atoms with Crippen LogP contribution in [-0.4, -0.2) is 24.9 Å². The van der Waals surface area contributed by atoms with Crippen molar-refractivity contribution in [2.45, 2.75) is 20.0 Å². The number of pyridine rings is 1. The number of fused-ring (bicyclic) bond motifs is 1. The van der Waals surface area contributed by atoms with Crippen molar-refractivity contribution < 1.29 is 9.72 Å². The van der Waals surface area contributed by atoms with Gasteiger partial charge in [0.15, 0.2) is 0 Å². The average Bonchev–Trinajstić information content (AvgIpc) is 2.81. The second-order valence-electron chi connectivity index (χ2n) is 7.40. The Hall–Kier alpha value is -4.60. The first-order valence-corrected chi connectivity index (χ1v) is 10.0. The molecule has 4 aromatic rings. The van der Waals surface area contributed by atoms with Gasteiger partial charge in [0.05, 0.1) is 33.8 Å². The topological polar surface area (TPSA) is 129 Å². The molecule has 33 heavy (non-hydrogen) atoms. The first-order valence-electron chi connectivity index (χ1n) is 10.0. The normalized spacial score (nSPS) is 10.8. The highest BCUT2D eigenvalue weighted by Gasteiger charge is 2.18. The van der Waals surface area contributed by atoms with E-state index >= 15 is 0 Å². The van der Waals surface area contributed by atoms with E-state index in [1.54, 1.807) is 49.5 Å². The van der Waals surface area contributed by atoms with Gasteiger partial charge in [0.1, 0.15) is 6.54 Å². The summed E-state index contributed by atoms with van der Waals surface area (Å²) in [5.74, 6) is -0.450. The quantitative estimate of drug-likeness (QED) is 0.357. The number of rotatable bonds is 6. The molecule has 2 aromatic heterocycles. The van der Waals surface area contributed by atoms with E-state index in [-0.39, 0.29) is 29.9 Å². The summed E-state index contributed by atoms with van der Waals surface area (Å²) in [7, 11) is 0. The minimum Gasteiger partial charge on any atom is -0.349 e. The van der Waals surface area contributed by atoms with Gasteiger partial charge in [-0.05, 0) is 37.3 Å². The van der Waals surface area contributed by atoms with Gasteiger partial charge in [-0.25, -0.2) is 9.36 Å². The lowest BCUT2D eigenvalue weighted by molar-refractivity contribution is -0.384. The standard InChI is InChI=1S/C23H19N5O5/c1-15-8-9-20-19(11-15)22(30)27(17-6-4-7-18(12-17)28(32)33)23(31)26(20)14-21(29)25-13-16-5-2-3-10-24-16/h2-12H,13-14H2,1H3,(H,25,29). The van der Waals surface area contributed by atoms with Gasteiger partial charge in [-0.1, -0.05) is 23.8 Å². The molecule has 0 bridgehead atoms. The van der Waals surface area contributed by atoms with E-state index in [1.165, 1.54) is 22.8 Å². The third-order valence-corrected chi connectivity index (χ3v) is 5.09. The molecule has 0 atom stereocenters. The molecule has 0 radical (unpaired) electrons. The number of nitro groups is 1. The Morgan fingerprint density at radius 1 is 1.09 bits per heavy atom. The van der Waals surface area contributed by atoms with Crippen molar-refractivity contribution in [2.75, 3.05) is 0 Å². The van der Waals surface area contributed by atoms with Crippen LogP contribution in [0.3, 0.4) is 0 Å². The molecule has 10 nitrogen and oxygen atoms in total. The van der Waals surface area contributed by atoms with Gasteiger partial charge >= 0.3 is 5.69 Å². The molecule has 2 heterocycles. The largest absolute Gasteiger partial charge is 0.349 e. The summed E-state index contributed by atoms with van der Waals surface area (Å²) in [6.07, 6.45) is 1.61. The molecule has 1 N–H and O–H groups in total. The molecule has 1 amide bonds. The van der Waals surface area contributed by atoms with E-state index in [0.717, 1.165) is 16.2 Å². The summed E-state index contributed by atoms with van der Waals surface area (Å²) < 4.78 is 2.03. The average molecular weight is 445 g/mol. The van der Waals surface area contributed by atoms with Crippen molar-refractivity contribution in [1.82, 2.24) is 19.4 Å². The molecule has 0 saturated heterocycles. The van der Waals surface area contributed by atoms with E-state index in [2.05, 4.69) is 10.3 Å². The molecular formula is C23H19N5O5. The van der Waals surface area contributed by atoms with Crippen LogP contribution in [0.25, 0.3) is 16.6 Å². The van der Waals surface area contributed by atoms with E-state index in [4.69, 9.17) is 0 Å². The Labute approximate surface area is 186 Å². The molecule has 0 unspecified atom stereocenters. The molecule has 2 aromatic carbocycles. The maximum absolute atomic E-state index is 13.3. The molecular weight excluding hydrogens is 426 g/mol. The molecule has 4 rings (SSSR count). The van der Waals surface area contributed by atoms with Crippen LogP contribution in [0.2, 0.25) is 0 Å². The van der Waals surface area contributed by atoms with Gasteiger partial charge in [-0.15, -0.1) is 0 Å². The van der Waals surface area contributed by atoms with Gasteiger partial charge in [0.25, 0.3) is 11.2 Å². The third kappa shape index (κ3) is 4.40. The SMILES string of the molecule is Cc1ccc2c(c1)c(=O)n(-c1cccc([N+](=O)[O-])c1)c(=O)n2CC(=O)NCc1ccccn1. The number of carbonyl (C=O) groups excluding carboxylic acids is 1. The zero-order chi connectivity index (χ0) is 23.5. The summed E-state index contributed by atoms with van der Waals surface area (Å²) in [5.41, 5.74) is 0.128. The Balaban J connectivity index is 1.81. The number of amides is 1. The zero-order valence-corrected chi connectivity index (χ0v) is 17.6. The number of carbonyl (C=O) groups is 1. The summed E-state index contributed by atoms with van der Waals surface area (Å²) in [4.78, 5) is 53.9. The Morgan fingerprint density at radius 2 is 1.91 bits per heavy atom. The molecule has 0 fully saturated rings. The fourth-order valence-electron chi connectivity index (χ4n) is 3.51. The fraction of sp³-hybridized carbons (Fsp3) is 0.130. The van der Waals surface area contributed by atoms with Crippen LogP contribution in [0.5, 0.6) is 0 Å². The van der Waals surface area contributed by atoms with Crippen LogP contribution in [0.4, 0.5) is 5.69 Å². The number of non-ortho nitro benzene ring substituents is 1. The first-order chi connectivity index (χ1) is 15.8. The second kappa shape index (κ2) is 8.87. The van der Waals surface area contributed by atoms with Gasteiger partial charge < -0.3 is 5.32 Å². The minimum atomic E-state index is -0.773. The maximum Gasteiger partial charge on any atom is 0.336 e. The van der Waals surface area contributed by atoms with Crippen molar-refractivity contribution >= 4 is 22.5 Å². The predicted molar refractivity (Wildman–Crippen MR) is 121 cm³/mol. The molecule has 0 aliphatic rings. The Morgan fingerprint density at radius 3 is 2.64 bits per heavy atom. The molecule has 10 heteroatoms. The van der Waals surface area contributed by atoms with Crippen LogP contribution in [0, 0.1) is 17.0 Å². The fourth-order valence-corrected chi connectivity index (χ4v) is 3.51. The zero-order valence-electron chi connectivity index (χ0n) is 17.6. The van der Waals surface area contributed by atoms with Crippen molar-refractivity contribution in [3.8, 4) is 5.69 Å². The monoisotopic (exact) mass is 445 g/mol. The van der Waals surface area contributed by atoms with Crippen molar-refractivity contribution in [1.29, 1.82) is 0 Å². The van der Waals surface area contributed by atoms with Gasteiger partial charge in [0, 0.05) is 18.3 Å². The summed E-state index contributed by atoms with van der Waals surface area (Å²) in [6, 6.07) is 15.5. The van der Waals surface area contributed by atoms with Crippen LogP contribution in [0.1, 0.15) is 11.3 Å². The van der Waals surface area contributed by atoms with Crippen LogP contribution >= 0.6 is 0 Å². The summed E-state index contributed by atoms with van der Waals surface area (Å²) in [5, 5.41) is 14.1. The number of nitrogens with one attached hydrogen (secondary N) is 1. The van der Waals surface area contributed by atoms with Crippen LogP contribution in [0.15, 0.2) is 76.4 Å². The number of nitrogens with zero attached hydrogens (tertiary/aromatic N) is 4. The highest BCUT2D eigenvalue weighted by Crippen LogP contribution is 2.16. The highest BCUT2D eigenvalue weighted by atomic mass is 16.6. The summed E-state index contributed by atoms with van der Waals surface area (Å²) in [6.45, 7) is 1.63. The van der Waals surface area contributed by atoms with Crippen molar-refractivity contribution in [2.24, 2.45) is 0 Å². The van der Waals surface area contributed by atoms with E-state index in [9.17, 15) is 24.5 Å². The number of hydrogen-bond acceptors (Lipinski definition) is 6. The number of benzene rings is 2. The lowest BCUT2D eigenvalue weighted by Crippen LogP contribution is -2.41. The summed E-state index contributed by atoms with van der Waals surface area (Å²) >= 11 is 0. The molecule has 0 spiro atoms. The first kappa shape index (κ1) is 21.6. The van der Waals surface area contributed by atoms with Crippen LogP contribution in [-0.2, 0) is 17.9 Å². The van der Waals surface area contributed by atoms with E-state index in [0.29, 0.717) is 11.2 Å². The van der Waals surface area contributed by atoms with Gasteiger partial charge in [-0.2, -0.15) is 0 Å². The Kier molecular flexibility index (Phi) is 5.81. The smallest absolute Gasteiger partial charge is 0.336 e. The number of nitro benzene ring substituents is 1. The lowest BCUT2D eigenvalue weighted by Gasteiger charge is -2.14. The molecule has 0 aliphatic carbocycles. The Bertz CT molecular complexity index is 1490. The van der Waals surface area contributed by atoms with E-state index < -0.39 is 22.1 Å². The lowest BCUT2D eigenvalue weighted by atomic mass is 10.1. The van der Waals surface area contributed by atoms with Gasteiger partial charge in [-0.3, -0.25) is 29.3 Å².